The van der Waals surface area contributed by atoms with Crippen LogP contribution in [0, 0.1) is 0 Å². The molecule has 0 radical (unpaired) electrons. The second kappa shape index (κ2) is 6.99. The maximum atomic E-state index is 11.3. The molecule has 18 heavy (non-hydrogen) atoms. The van der Waals surface area contributed by atoms with E-state index >= 15 is 0 Å². The van der Waals surface area contributed by atoms with Gasteiger partial charge in [0.2, 0.25) is 6.10 Å². The van der Waals surface area contributed by atoms with Crippen molar-refractivity contribution < 1.29 is 19.1 Å². The highest BCUT2D eigenvalue weighted by Crippen LogP contribution is 2.14. The summed E-state index contributed by atoms with van der Waals surface area (Å²) in [7, 11) is 0. The fourth-order valence-electron chi connectivity index (χ4n) is 1.48. The molecular formula is C14H20O4. The average Bonchev–Trinajstić information content (AvgIpc) is 2.24. The number of esters is 2. The fraction of sp³-hybridized carbons (Fsp3) is 0.571. The first-order valence-electron chi connectivity index (χ1n) is 6.14. The van der Waals surface area contributed by atoms with Crippen molar-refractivity contribution in [1.82, 2.24) is 0 Å². The Bertz CT molecular complexity index is 367. The highest BCUT2D eigenvalue weighted by molar-refractivity contribution is 5.89. The Morgan fingerprint density at radius 3 is 2.61 bits per heavy atom. The van der Waals surface area contributed by atoms with Crippen molar-refractivity contribution in [2.24, 2.45) is 0 Å². The minimum absolute atomic E-state index is 0.141. The highest BCUT2D eigenvalue weighted by Gasteiger charge is 2.36. The lowest BCUT2D eigenvalue weighted by Gasteiger charge is -2.22. The van der Waals surface area contributed by atoms with Gasteiger partial charge in [0.05, 0.1) is 6.42 Å². The van der Waals surface area contributed by atoms with Gasteiger partial charge in [-0.15, -0.1) is 0 Å². The molecule has 0 amide bonds. The van der Waals surface area contributed by atoms with E-state index in [9.17, 15) is 9.59 Å². The summed E-state index contributed by atoms with van der Waals surface area (Å²) in [4.78, 5) is 21.8. The van der Waals surface area contributed by atoms with Gasteiger partial charge in [-0.3, -0.25) is 4.79 Å². The van der Waals surface area contributed by atoms with Crippen molar-refractivity contribution in [2.45, 2.75) is 46.1 Å². The Kier molecular flexibility index (Phi) is 5.62. The fourth-order valence-corrected chi connectivity index (χ4v) is 1.48. The van der Waals surface area contributed by atoms with Gasteiger partial charge in [-0.2, -0.15) is 0 Å². The predicted octanol–water partition coefficient (Wildman–Crippen LogP) is 2.54. The lowest BCUT2D eigenvalue weighted by Crippen LogP contribution is -2.40. The molecule has 4 nitrogen and oxygen atoms in total. The first-order chi connectivity index (χ1) is 8.49. The number of hydrogen-bond acceptors (Lipinski definition) is 4. The van der Waals surface area contributed by atoms with Gasteiger partial charge in [0, 0.05) is 0 Å². The zero-order valence-electron chi connectivity index (χ0n) is 11.2. The zero-order valence-corrected chi connectivity index (χ0v) is 11.2. The van der Waals surface area contributed by atoms with Crippen LogP contribution in [-0.2, 0) is 19.1 Å². The van der Waals surface area contributed by atoms with Crippen LogP contribution < -0.4 is 0 Å². The van der Waals surface area contributed by atoms with Crippen LogP contribution in [0.15, 0.2) is 23.3 Å². The molecule has 1 aliphatic rings. The minimum Gasteiger partial charge on any atom is -0.459 e. The van der Waals surface area contributed by atoms with Gasteiger partial charge in [-0.05, 0) is 39.7 Å². The molecule has 1 rings (SSSR count). The summed E-state index contributed by atoms with van der Waals surface area (Å²) >= 11 is 0. The Morgan fingerprint density at radius 1 is 1.39 bits per heavy atom. The Balaban J connectivity index is 2.17. The molecule has 0 spiro atoms. The van der Waals surface area contributed by atoms with E-state index in [0.29, 0.717) is 0 Å². The molecule has 100 valence electrons. The minimum atomic E-state index is -0.683. The van der Waals surface area contributed by atoms with Gasteiger partial charge >= 0.3 is 11.9 Å². The molecule has 0 aromatic carbocycles. The first kappa shape index (κ1) is 14.5. The van der Waals surface area contributed by atoms with Gasteiger partial charge in [0.15, 0.2) is 0 Å². The van der Waals surface area contributed by atoms with Gasteiger partial charge < -0.3 is 9.47 Å². The summed E-state index contributed by atoms with van der Waals surface area (Å²) in [5, 5.41) is 0. The summed E-state index contributed by atoms with van der Waals surface area (Å²) in [6.45, 7) is 6.39. The Hall–Kier alpha value is -1.58. The molecule has 1 atom stereocenters. The SMILES string of the molecule is CC(C)=CCC/C(C)=C/COC(=O)[C@H]1CC(=O)O1. The number of hydrogen-bond donors (Lipinski definition) is 0. The van der Waals surface area contributed by atoms with Crippen LogP contribution in [0.3, 0.4) is 0 Å². The molecule has 1 aliphatic heterocycles. The summed E-state index contributed by atoms with van der Waals surface area (Å²) in [5.41, 5.74) is 2.49. The highest BCUT2D eigenvalue weighted by atomic mass is 16.6. The van der Waals surface area contributed by atoms with E-state index in [1.807, 2.05) is 13.0 Å². The molecule has 0 aromatic rings. The summed E-state index contributed by atoms with van der Waals surface area (Å²) < 4.78 is 9.59. The van der Waals surface area contributed by atoms with Crippen LogP contribution in [0.1, 0.15) is 40.0 Å². The predicted molar refractivity (Wildman–Crippen MR) is 67.9 cm³/mol. The molecule has 0 N–H and O–H groups in total. The molecule has 1 saturated heterocycles. The van der Waals surface area contributed by atoms with Gasteiger partial charge in [0.25, 0.3) is 0 Å². The monoisotopic (exact) mass is 252 g/mol. The molecule has 1 fully saturated rings. The third kappa shape index (κ3) is 5.17. The number of carbonyl (C=O) groups excluding carboxylic acids is 2. The lowest BCUT2D eigenvalue weighted by molar-refractivity contribution is -0.184. The van der Waals surface area contributed by atoms with Crippen molar-refractivity contribution >= 4 is 11.9 Å². The summed E-state index contributed by atoms with van der Waals surface area (Å²) in [5.74, 6) is -0.798. The molecule has 0 aromatic heterocycles. The number of carbonyl (C=O) groups is 2. The first-order valence-corrected chi connectivity index (χ1v) is 6.14. The van der Waals surface area contributed by atoms with Crippen LogP contribution in [0.4, 0.5) is 0 Å². The number of cyclic esters (lactones) is 1. The molecule has 0 saturated carbocycles. The van der Waals surface area contributed by atoms with Crippen LogP contribution in [0.2, 0.25) is 0 Å². The number of allylic oxidation sites excluding steroid dienone is 3. The topological polar surface area (TPSA) is 52.6 Å². The van der Waals surface area contributed by atoms with Crippen molar-refractivity contribution in [3.05, 3.63) is 23.3 Å². The Morgan fingerprint density at radius 2 is 2.06 bits per heavy atom. The Labute approximate surface area is 108 Å². The van der Waals surface area contributed by atoms with E-state index in [0.717, 1.165) is 12.8 Å². The van der Waals surface area contributed by atoms with E-state index in [4.69, 9.17) is 4.74 Å². The smallest absolute Gasteiger partial charge is 0.348 e. The van der Waals surface area contributed by atoms with Crippen LogP contribution in [0.25, 0.3) is 0 Å². The van der Waals surface area contributed by atoms with E-state index in [1.54, 1.807) is 0 Å². The summed E-state index contributed by atoms with van der Waals surface area (Å²) in [6.07, 6.45) is 5.48. The maximum Gasteiger partial charge on any atom is 0.348 e. The third-order valence-electron chi connectivity index (χ3n) is 2.64. The van der Waals surface area contributed by atoms with Crippen LogP contribution in [-0.4, -0.2) is 24.6 Å². The van der Waals surface area contributed by atoms with E-state index in [-0.39, 0.29) is 19.0 Å². The van der Waals surface area contributed by atoms with E-state index < -0.39 is 12.1 Å². The van der Waals surface area contributed by atoms with Crippen molar-refractivity contribution in [3.63, 3.8) is 0 Å². The van der Waals surface area contributed by atoms with Gasteiger partial charge in [0.1, 0.15) is 6.61 Å². The van der Waals surface area contributed by atoms with Crippen molar-refractivity contribution in [2.75, 3.05) is 6.61 Å². The molecule has 1 heterocycles. The molecule has 0 aliphatic carbocycles. The standard InChI is InChI=1S/C14H20O4/c1-10(2)5-4-6-11(3)7-8-17-14(16)12-9-13(15)18-12/h5,7,12H,4,6,8-9H2,1-3H3/b11-7+/t12-/m1/s1. The summed E-state index contributed by atoms with van der Waals surface area (Å²) in [6, 6.07) is 0. The second-order valence-electron chi connectivity index (χ2n) is 4.68. The number of rotatable bonds is 6. The largest absolute Gasteiger partial charge is 0.459 e. The van der Waals surface area contributed by atoms with Gasteiger partial charge in [-0.1, -0.05) is 17.2 Å². The molecule has 0 unspecified atom stereocenters. The van der Waals surface area contributed by atoms with E-state index in [1.165, 1.54) is 11.1 Å². The third-order valence-corrected chi connectivity index (χ3v) is 2.64. The number of ether oxygens (including phenoxy) is 2. The molecular weight excluding hydrogens is 232 g/mol. The molecule has 4 heteroatoms. The average molecular weight is 252 g/mol. The normalized spacial score (nSPS) is 18.7. The van der Waals surface area contributed by atoms with Crippen molar-refractivity contribution in [3.8, 4) is 0 Å². The second-order valence-corrected chi connectivity index (χ2v) is 4.68. The maximum absolute atomic E-state index is 11.3. The van der Waals surface area contributed by atoms with Gasteiger partial charge in [-0.25, -0.2) is 4.79 Å². The van der Waals surface area contributed by atoms with Crippen molar-refractivity contribution in [1.29, 1.82) is 0 Å². The quantitative estimate of drug-likeness (QED) is 0.538. The van der Waals surface area contributed by atoms with E-state index in [2.05, 4.69) is 24.7 Å². The van der Waals surface area contributed by atoms with Crippen LogP contribution >= 0.6 is 0 Å². The lowest BCUT2D eigenvalue weighted by atomic mass is 10.1. The molecule has 0 bridgehead atoms. The van der Waals surface area contributed by atoms with Crippen LogP contribution in [0.5, 0.6) is 0 Å². The zero-order chi connectivity index (χ0) is 13.5.